The van der Waals surface area contributed by atoms with Gasteiger partial charge in [0.25, 0.3) is 0 Å². The van der Waals surface area contributed by atoms with Crippen molar-refractivity contribution in [3.8, 4) is 0 Å². The lowest BCUT2D eigenvalue weighted by atomic mass is 10.1. The highest BCUT2D eigenvalue weighted by Crippen LogP contribution is 2.26. The quantitative estimate of drug-likeness (QED) is 0.182. The number of hydrogen-bond acceptors (Lipinski definition) is 6. The largest absolute Gasteiger partial charge is 0.404 e. The first-order chi connectivity index (χ1) is 12.5. The molecule has 27 heavy (non-hydrogen) atoms. The van der Waals surface area contributed by atoms with E-state index in [1.54, 1.807) is 20.0 Å². The second kappa shape index (κ2) is 19.3. The molecule has 1 aliphatic rings. The van der Waals surface area contributed by atoms with Crippen molar-refractivity contribution in [2.75, 3.05) is 6.61 Å². The zero-order valence-electron chi connectivity index (χ0n) is 18.0. The Kier molecular flexibility index (Phi) is 21.6. The van der Waals surface area contributed by atoms with Crippen LogP contribution in [0.3, 0.4) is 0 Å². The molecule has 158 valence electrons. The molecular formula is C21H42N4OS. The Bertz CT molecular complexity index is 485. The van der Waals surface area contributed by atoms with Crippen molar-refractivity contribution in [2.24, 2.45) is 23.2 Å². The third-order valence-corrected chi connectivity index (χ3v) is 3.44. The Morgan fingerprint density at radius 1 is 1.26 bits per heavy atom. The Labute approximate surface area is 172 Å². The molecule has 0 aromatic heterocycles. The average molecular weight is 399 g/mol. The van der Waals surface area contributed by atoms with Gasteiger partial charge in [-0.1, -0.05) is 44.6 Å². The van der Waals surface area contributed by atoms with Crippen molar-refractivity contribution in [1.82, 2.24) is 5.43 Å². The van der Waals surface area contributed by atoms with Gasteiger partial charge in [-0.05, 0) is 57.8 Å². The van der Waals surface area contributed by atoms with Crippen molar-refractivity contribution in [2.45, 2.75) is 59.9 Å². The van der Waals surface area contributed by atoms with Crippen molar-refractivity contribution in [1.29, 1.82) is 0 Å². The lowest BCUT2D eigenvalue weighted by Crippen LogP contribution is -2.35. The maximum absolute atomic E-state index is 8.28. The van der Waals surface area contributed by atoms with Crippen LogP contribution in [0.4, 0.5) is 0 Å². The zero-order chi connectivity index (χ0) is 21.9. The fourth-order valence-corrected chi connectivity index (χ4v) is 1.01. The lowest BCUT2D eigenvalue weighted by molar-refractivity contribution is 0.221. The van der Waals surface area contributed by atoms with Gasteiger partial charge < -0.3 is 22.0 Å². The second-order valence-corrected chi connectivity index (χ2v) is 7.51. The van der Waals surface area contributed by atoms with E-state index in [0.29, 0.717) is 0 Å². The van der Waals surface area contributed by atoms with E-state index in [1.165, 1.54) is 19.0 Å². The molecular weight excluding hydrogens is 356 g/mol. The summed E-state index contributed by atoms with van der Waals surface area (Å²) >= 11 is 3.96. The third-order valence-electron chi connectivity index (χ3n) is 3.14. The maximum Gasteiger partial charge on any atom is 0.0605 e. The highest BCUT2D eigenvalue weighted by Gasteiger charge is 2.12. The van der Waals surface area contributed by atoms with Crippen LogP contribution in [-0.4, -0.2) is 17.3 Å². The second-order valence-electron chi connectivity index (χ2n) is 6.99. The van der Waals surface area contributed by atoms with Crippen LogP contribution >= 0.6 is 12.6 Å². The summed E-state index contributed by atoms with van der Waals surface area (Å²) in [4.78, 5) is 0.794. The summed E-state index contributed by atoms with van der Waals surface area (Å²) in [5.41, 5.74) is 14.7. The topological polar surface area (TPSA) is 110 Å². The van der Waals surface area contributed by atoms with Gasteiger partial charge in [0.15, 0.2) is 0 Å². The molecule has 0 aliphatic heterocycles. The van der Waals surface area contributed by atoms with Crippen molar-refractivity contribution >= 4 is 12.6 Å². The van der Waals surface area contributed by atoms with Crippen LogP contribution < -0.4 is 22.7 Å². The van der Waals surface area contributed by atoms with Gasteiger partial charge >= 0.3 is 0 Å². The molecule has 1 fully saturated rings. The van der Waals surface area contributed by atoms with E-state index in [1.807, 2.05) is 45.1 Å². The standard InChI is InChI=1S/C8H14N2.C5H9NS.C4H11NO.C4H8/c1-4-7(2)8(3)5-6-10-9;1-2-3-5(7)4-6;1-4(2,5)3-6;1-4-2-3-4/h4-6,10H,1,9H2,2-3H3;2-4,7H,6H2,1H3;6H,3,5H2,1-2H3;4H,2-3H2,1H3/b6-5-,8-7+;3-2-,5-4+;;. The Hall–Kier alpha value is -1.47. The van der Waals surface area contributed by atoms with Crippen molar-refractivity contribution < 1.29 is 5.11 Å². The van der Waals surface area contributed by atoms with Crippen LogP contribution in [0.15, 0.2) is 59.3 Å². The average Bonchev–Trinajstić information content (AvgIpc) is 3.42. The fourth-order valence-electron chi connectivity index (χ4n) is 0.859. The third kappa shape index (κ3) is 32.6. The van der Waals surface area contributed by atoms with Gasteiger partial charge in [-0.15, -0.1) is 12.6 Å². The number of aliphatic hydroxyl groups is 1. The molecule has 1 saturated carbocycles. The van der Waals surface area contributed by atoms with Crippen LogP contribution in [-0.2, 0) is 0 Å². The predicted octanol–water partition coefficient (Wildman–Crippen LogP) is 3.91. The molecule has 1 aliphatic carbocycles. The molecule has 6 heteroatoms. The fraction of sp³-hybridized carbons (Fsp3) is 0.524. The minimum absolute atomic E-state index is 0.0486. The number of allylic oxidation sites excluding steroid dienone is 6. The van der Waals surface area contributed by atoms with Crippen molar-refractivity contribution in [3.05, 3.63) is 59.3 Å². The Morgan fingerprint density at radius 2 is 1.70 bits per heavy atom. The van der Waals surface area contributed by atoms with Crippen LogP contribution in [0, 0.1) is 5.92 Å². The SMILES string of the molecule is C/C=C\C(S)=C/N.C=C/C(C)=C(C)/C=C\NN.CC(C)(N)CO.CC1CC1. The molecule has 0 bridgehead atoms. The molecule has 0 amide bonds. The first kappa shape index (κ1) is 30.3. The highest BCUT2D eigenvalue weighted by molar-refractivity contribution is 7.84. The molecule has 0 aromatic carbocycles. The summed E-state index contributed by atoms with van der Waals surface area (Å²) in [6, 6.07) is 0. The summed E-state index contributed by atoms with van der Waals surface area (Å²) in [5, 5.41) is 8.28. The molecule has 0 heterocycles. The van der Waals surface area contributed by atoms with E-state index in [0.717, 1.165) is 22.0 Å². The summed E-state index contributed by atoms with van der Waals surface area (Å²) in [6.07, 6.45) is 13.5. The molecule has 0 spiro atoms. The van der Waals surface area contributed by atoms with E-state index >= 15 is 0 Å². The van der Waals surface area contributed by atoms with E-state index < -0.39 is 5.54 Å². The Morgan fingerprint density at radius 3 is 1.89 bits per heavy atom. The molecule has 0 unspecified atom stereocenters. The molecule has 0 saturated heterocycles. The van der Waals surface area contributed by atoms with Gasteiger partial charge in [0.1, 0.15) is 0 Å². The molecule has 8 N–H and O–H groups in total. The van der Waals surface area contributed by atoms with Gasteiger partial charge in [-0.25, -0.2) is 0 Å². The van der Waals surface area contributed by atoms with Crippen LogP contribution in [0.5, 0.6) is 0 Å². The summed E-state index contributed by atoms with van der Waals surface area (Å²) in [6.45, 7) is 15.4. The van der Waals surface area contributed by atoms with E-state index in [9.17, 15) is 0 Å². The molecule has 1 rings (SSSR count). The predicted molar refractivity (Wildman–Crippen MR) is 125 cm³/mol. The van der Waals surface area contributed by atoms with Crippen molar-refractivity contribution in [3.63, 3.8) is 0 Å². The summed E-state index contributed by atoms with van der Waals surface area (Å²) < 4.78 is 0. The highest BCUT2D eigenvalue weighted by atomic mass is 32.1. The number of thiol groups is 1. The minimum Gasteiger partial charge on any atom is -0.404 e. The number of hydrazine groups is 1. The zero-order valence-corrected chi connectivity index (χ0v) is 18.9. The van der Waals surface area contributed by atoms with Gasteiger partial charge in [0, 0.05) is 22.8 Å². The normalized spacial score (nSPS) is 14.8. The first-order valence-electron chi connectivity index (χ1n) is 9.04. The van der Waals surface area contributed by atoms with E-state index in [2.05, 4.69) is 31.6 Å². The molecule has 0 atom stereocenters. The van der Waals surface area contributed by atoms with Gasteiger partial charge in [0.05, 0.1) is 6.61 Å². The van der Waals surface area contributed by atoms with Gasteiger partial charge in [0.2, 0.25) is 0 Å². The number of nitrogens with one attached hydrogen (secondary N) is 1. The summed E-state index contributed by atoms with van der Waals surface area (Å²) in [5.74, 6) is 6.12. The number of aliphatic hydroxyl groups excluding tert-OH is 1. The number of rotatable bonds is 5. The summed E-state index contributed by atoms with van der Waals surface area (Å²) in [7, 11) is 0. The molecule has 0 radical (unpaired) electrons. The maximum atomic E-state index is 8.28. The minimum atomic E-state index is -0.403. The van der Waals surface area contributed by atoms with Crippen LogP contribution in [0.25, 0.3) is 0 Å². The molecule has 5 nitrogen and oxygen atoms in total. The van der Waals surface area contributed by atoms with Crippen LogP contribution in [0.1, 0.15) is 54.4 Å². The first-order valence-corrected chi connectivity index (χ1v) is 9.49. The van der Waals surface area contributed by atoms with Crippen LogP contribution in [0.2, 0.25) is 0 Å². The van der Waals surface area contributed by atoms with Gasteiger partial charge in [-0.3, -0.25) is 5.84 Å². The number of hydrogen-bond donors (Lipinski definition) is 6. The molecule has 0 aromatic rings. The van der Waals surface area contributed by atoms with Gasteiger partial charge in [-0.2, -0.15) is 0 Å². The lowest BCUT2D eigenvalue weighted by Gasteiger charge is -2.12. The number of nitrogens with two attached hydrogens (primary N) is 3. The van der Waals surface area contributed by atoms with E-state index in [-0.39, 0.29) is 6.61 Å². The Balaban J connectivity index is -0.000000298. The monoisotopic (exact) mass is 398 g/mol. The van der Waals surface area contributed by atoms with E-state index in [4.69, 9.17) is 22.4 Å². The smallest absolute Gasteiger partial charge is 0.0605 e.